The summed E-state index contributed by atoms with van der Waals surface area (Å²) in [6.07, 6.45) is 3.84. The average molecular weight is 313 g/mol. The van der Waals surface area contributed by atoms with Crippen LogP contribution >= 0.6 is 15.9 Å². The first-order chi connectivity index (χ1) is 8.68. The molecule has 0 saturated carbocycles. The van der Waals surface area contributed by atoms with Gasteiger partial charge in [-0.15, -0.1) is 0 Å². The van der Waals surface area contributed by atoms with Crippen molar-refractivity contribution in [3.63, 3.8) is 0 Å². The minimum absolute atomic E-state index is 0.245. The summed E-state index contributed by atoms with van der Waals surface area (Å²) in [5.41, 5.74) is 0.850. The van der Waals surface area contributed by atoms with Crippen molar-refractivity contribution in [1.29, 1.82) is 0 Å². The molecule has 0 aromatic heterocycles. The highest BCUT2D eigenvalue weighted by Gasteiger charge is 2.24. The van der Waals surface area contributed by atoms with Gasteiger partial charge in [0.05, 0.1) is 12.0 Å². The van der Waals surface area contributed by atoms with E-state index in [-0.39, 0.29) is 6.10 Å². The number of halogens is 1. The van der Waals surface area contributed by atoms with Crippen LogP contribution in [0.15, 0.2) is 28.7 Å². The van der Waals surface area contributed by atoms with E-state index >= 15 is 0 Å². The molecular weight excluding hydrogens is 296 g/mol. The van der Waals surface area contributed by atoms with E-state index in [1.165, 1.54) is 0 Å². The standard InChI is InChI=1S/C14H17BrO3/c15-13-6-2-1-5-11(13)12(14(16)17)8-7-10-4-3-9-18-10/h1-2,5-6,10,12H,3-4,7-9H2,(H,16,17). The van der Waals surface area contributed by atoms with Crippen molar-refractivity contribution in [3.05, 3.63) is 34.3 Å². The summed E-state index contributed by atoms with van der Waals surface area (Å²) in [7, 11) is 0. The Hall–Kier alpha value is -0.870. The third-order valence-corrected chi connectivity index (χ3v) is 4.10. The number of carbonyl (C=O) groups is 1. The Labute approximate surface area is 115 Å². The van der Waals surface area contributed by atoms with Crippen molar-refractivity contribution < 1.29 is 14.6 Å². The van der Waals surface area contributed by atoms with Crippen LogP contribution in [0.3, 0.4) is 0 Å². The Morgan fingerprint density at radius 2 is 2.28 bits per heavy atom. The first-order valence-corrected chi connectivity index (χ1v) is 7.06. The second-order valence-corrected chi connectivity index (χ2v) is 5.48. The average Bonchev–Trinajstić information content (AvgIpc) is 2.84. The molecule has 1 aromatic carbocycles. The van der Waals surface area contributed by atoms with E-state index in [4.69, 9.17) is 4.74 Å². The van der Waals surface area contributed by atoms with Gasteiger partial charge >= 0.3 is 5.97 Å². The maximum atomic E-state index is 11.4. The lowest BCUT2D eigenvalue weighted by atomic mass is 9.92. The van der Waals surface area contributed by atoms with E-state index in [0.29, 0.717) is 6.42 Å². The van der Waals surface area contributed by atoms with Crippen LogP contribution in [0, 0.1) is 0 Å². The highest BCUT2D eigenvalue weighted by atomic mass is 79.9. The number of hydrogen-bond acceptors (Lipinski definition) is 2. The fraction of sp³-hybridized carbons (Fsp3) is 0.500. The van der Waals surface area contributed by atoms with Crippen LogP contribution in [0.1, 0.15) is 37.2 Å². The van der Waals surface area contributed by atoms with Crippen molar-refractivity contribution in [3.8, 4) is 0 Å². The van der Waals surface area contributed by atoms with E-state index in [1.54, 1.807) is 0 Å². The zero-order chi connectivity index (χ0) is 13.0. The van der Waals surface area contributed by atoms with Crippen LogP contribution in [-0.2, 0) is 9.53 Å². The number of ether oxygens (including phenoxy) is 1. The lowest BCUT2D eigenvalue weighted by Crippen LogP contribution is -2.15. The van der Waals surface area contributed by atoms with Crippen molar-refractivity contribution in [2.75, 3.05) is 6.61 Å². The van der Waals surface area contributed by atoms with Crippen molar-refractivity contribution in [2.45, 2.75) is 37.7 Å². The molecule has 1 N–H and O–H groups in total. The molecule has 0 spiro atoms. The zero-order valence-electron chi connectivity index (χ0n) is 10.1. The molecule has 3 nitrogen and oxygen atoms in total. The Morgan fingerprint density at radius 1 is 1.50 bits per heavy atom. The Balaban J connectivity index is 2.04. The molecule has 1 heterocycles. The van der Waals surface area contributed by atoms with Crippen LogP contribution in [0.2, 0.25) is 0 Å². The minimum Gasteiger partial charge on any atom is -0.481 e. The summed E-state index contributed by atoms with van der Waals surface area (Å²) in [6, 6.07) is 7.53. The van der Waals surface area contributed by atoms with Gasteiger partial charge in [0.1, 0.15) is 0 Å². The van der Waals surface area contributed by atoms with Gasteiger partial charge < -0.3 is 9.84 Å². The predicted molar refractivity (Wildman–Crippen MR) is 72.7 cm³/mol. The highest BCUT2D eigenvalue weighted by molar-refractivity contribution is 9.10. The molecule has 1 aliphatic heterocycles. The molecular formula is C14H17BrO3. The van der Waals surface area contributed by atoms with Crippen LogP contribution < -0.4 is 0 Å². The molecule has 2 atom stereocenters. The van der Waals surface area contributed by atoms with E-state index in [9.17, 15) is 9.90 Å². The second-order valence-electron chi connectivity index (χ2n) is 4.62. The first-order valence-electron chi connectivity index (χ1n) is 6.27. The minimum atomic E-state index is -0.764. The smallest absolute Gasteiger partial charge is 0.311 e. The topological polar surface area (TPSA) is 46.5 Å². The third kappa shape index (κ3) is 3.33. The number of benzene rings is 1. The zero-order valence-corrected chi connectivity index (χ0v) is 11.7. The summed E-state index contributed by atoms with van der Waals surface area (Å²) < 4.78 is 6.41. The molecule has 1 aliphatic rings. The Morgan fingerprint density at radius 3 is 2.89 bits per heavy atom. The monoisotopic (exact) mass is 312 g/mol. The number of carboxylic acids is 1. The maximum absolute atomic E-state index is 11.4. The van der Waals surface area contributed by atoms with Gasteiger partial charge in [-0.3, -0.25) is 4.79 Å². The second kappa shape index (κ2) is 6.34. The van der Waals surface area contributed by atoms with Gasteiger partial charge in [-0.25, -0.2) is 0 Å². The van der Waals surface area contributed by atoms with Gasteiger partial charge in [-0.1, -0.05) is 34.1 Å². The van der Waals surface area contributed by atoms with E-state index in [0.717, 1.165) is 35.9 Å². The Bertz CT molecular complexity index is 413. The molecule has 4 heteroatoms. The summed E-state index contributed by atoms with van der Waals surface area (Å²) in [5.74, 6) is -1.22. The predicted octanol–water partition coefficient (Wildman–Crippen LogP) is 3.58. The maximum Gasteiger partial charge on any atom is 0.311 e. The molecule has 2 unspecified atom stereocenters. The number of carboxylic acid groups (broad SMARTS) is 1. The van der Waals surface area contributed by atoms with Crippen LogP contribution in [0.4, 0.5) is 0 Å². The first kappa shape index (κ1) is 13.6. The van der Waals surface area contributed by atoms with Crippen LogP contribution in [0.25, 0.3) is 0 Å². The summed E-state index contributed by atoms with van der Waals surface area (Å²) in [4.78, 5) is 11.4. The fourth-order valence-corrected chi connectivity index (χ4v) is 2.96. The lowest BCUT2D eigenvalue weighted by molar-refractivity contribution is -0.139. The normalized spacial score (nSPS) is 20.8. The van der Waals surface area contributed by atoms with Crippen molar-refractivity contribution >= 4 is 21.9 Å². The molecule has 98 valence electrons. The van der Waals surface area contributed by atoms with Gasteiger partial charge in [0.2, 0.25) is 0 Å². The van der Waals surface area contributed by atoms with Gasteiger partial charge in [0.15, 0.2) is 0 Å². The molecule has 0 aliphatic carbocycles. The Kier molecular flexibility index (Phi) is 4.78. The quantitative estimate of drug-likeness (QED) is 0.904. The fourth-order valence-electron chi connectivity index (χ4n) is 2.39. The van der Waals surface area contributed by atoms with Gasteiger partial charge in [0, 0.05) is 11.1 Å². The lowest BCUT2D eigenvalue weighted by Gasteiger charge is -2.16. The number of rotatable bonds is 5. The SMILES string of the molecule is O=C(O)C(CCC1CCCO1)c1ccccc1Br. The molecule has 1 aromatic rings. The van der Waals surface area contributed by atoms with Gasteiger partial charge in [-0.05, 0) is 37.3 Å². The molecule has 0 bridgehead atoms. The van der Waals surface area contributed by atoms with Gasteiger partial charge in [-0.2, -0.15) is 0 Å². The van der Waals surface area contributed by atoms with Crippen molar-refractivity contribution in [1.82, 2.24) is 0 Å². The van der Waals surface area contributed by atoms with Crippen molar-refractivity contribution in [2.24, 2.45) is 0 Å². The molecule has 0 amide bonds. The number of hydrogen-bond donors (Lipinski definition) is 1. The van der Waals surface area contributed by atoms with Crippen LogP contribution in [-0.4, -0.2) is 23.8 Å². The molecule has 18 heavy (non-hydrogen) atoms. The van der Waals surface area contributed by atoms with E-state index < -0.39 is 11.9 Å². The summed E-state index contributed by atoms with van der Waals surface area (Å²) in [6.45, 7) is 0.817. The van der Waals surface area contributed by atoms with E-state index in [1.807, 2.05) is 24.3 Å². The molecule has 1 saturated heterocycles. The largest absolute Gasteiger partial charge is 0.481 e. The van der Waals surface area contributed by atoms with E-state index in [2.05, 4.69) is 15.9 Å². The summed E-state index contributed by atoms with van der Waals surface area (Å²) >= 11 is 3.42. The third-order valence-electron chi connectivity index (χ3n) is 3.38. The molecule has 1 fully saturated rings. The highest BCUT2D eigenvalue weighted by Crippen LogP contribution is 2.30. The van der Waals surface area contributed by atoms with Gasteiger partial charge in [0.25, 0.3) is 0 Å². The summed E-state index contributed by atoms with van der Waals surface area (Å²) in [5, 5.41) is 9.36. The molecule has 0 radical (unpaired) electrons. The molecule has 2 rings (SSSR count). The van der Waals surface area contributed by atoms with Crippen LogP contribution in [0.5, 0.6) is 0 Å². The number of aliphatic carboxylic acids is 1.